The van der Waals surface area contributed by atoms with Crippen molar-refractivity contribution >= 4 is 44.8 Å². The summed E-state index contributed by atoms with van der Waals surface area (Å²) in [6, 6.07) is 11.6. The Hall–Kier alpha value is -1.63. The molecule has 0 aliphatic rings. The normalized spacial score (nSPS) is 10.8. The Balaban J connectivity index is 1.68. The summed E-state index contributed by atoms with van der Waals surface area (Å²) < 4.78 is 2.79. The second-order valence-electron chi connectivity index (χ2n) is 5.39. The van der Waals surface area contributed by atoms with Gasteiger partial charge in [0, 0.05) is 23.1 Å². The molecule has 2 heterocycles. The van der Waals surface area contributed by atoms with Crippen LogP contribution in [-0.2, 0) is 13.1 Å². The Bertz CT molecular complexity index is 861. The molecule has 0 radical (unpaired) electrons. The Morgan fingerprint density at radius 2 is 2.12 bits per heavy atom. The molecule has 0 fully saturated rings. The van der Waals surface area contributed by atoms with E-state index in [1.165, 1.54) is 0 Å². The van der Waals surface area contributed by atoms with E-state index in [1.54, 1.807) is 40.4 Å². The van der Waals surface area contributed by atoms with Crippen LogP contribution in [0.5, 0.6) is 0 Å². The standard InChI is InChI=1S/C17H15BrClN3OS/c1-21(11-14-6-7-16(18)24-14)17(23)13-8-20-22(10-13)9-12-4-2-3-5-15(12)19/h2-8,10H,9,11H2,1H3. The summed E-state index contributed by atoms with van der Waals surface area (Å²) >= 11 is 11.2. The van der Waals surface area contributed by atoms with Crippen LogP contribution in [0.2, 0.25) is 5.02 Å². The van der Waals surface area contributed by atoms with Gasteiger partial charge in [0.1, 0.15) is 0 Å². The Morgan fingerprint density at radius 3 is 2.83 bits per heavy atom. The number of hydrogen-bond acceptors (Lipinski definition) is 3. The molecule has 3 rings (SSSR count). The van der Waals surface area contributed by atoms with Crippen molar-refractivity contribution in [1.82, 2.24) is 14.7 Å². The largest absolute Gasteiger partial charge is 0.336 e. The van der Waals surface area contributed by atoms with Gasteiger partial charge in [0.15, 0.2) is 0 Å². The average Bonchev–Trinajstić information content (AvgIpc) is 3.18. The van der Waals surface area contributed by atoms with Gasteiger partial charge in [-0.25, -0.2) is 0 Å². The fourth-order valence-electron chi connectivity index (χ4n) is 2.32. The molecule has 3 aromatic rings. The summed E-state index contributed by atoms with van der Waals surface area (Å²) in [7, 11) is 1.79. The third-order valence-electron chi connectivity index (χ3n) is 3.54. The lowest BCUT2D eigenvalue weighted by Crippen LogP contribution is -2.25. The van der Waals surface area contributed by atoms with E-state index in [4.69, 9.17) is 11.6 Å². The molecule has 1 amide bonds. The van der Waals surface area contributed by atoms with Crippen molar-refractivity contribution in [3.63, 3.8) is 0 Å². The quantitative estimate of drug-likeness (QED) is 0.596. The van der Waals surface area contributed by atoms with Crippen LogP contribution < -0.4 is 0 Å². The van der Waals surface area contributed by atoms with E-state index in [0.717, 1.165) is 14.2 Å². The van der Waals surface area contributed by atoms with E-state index in [0.29, 0.717) is 23.7 Å². The van der Waals surface area contributed by atoms with Crippen LogP contribution in [0.1, 0.15) is 20.8 Å². The molecule has 0 aliphatic carbocycles. The van der Waals surface area contributed by atoms with E-state index in [1.807, 2.05) is 36.4 Å². The molecule has 0 aliphatic heterocycles. The third kappa shape index (κ3) is 4.06. The van der Waals surface area contributed by atoms with Crippen molar-refractivity contribution in [2.45, 2.75) is 13.1 Å². The monoisotopic (exact) mass is 423 g/mol. The second kappa shape index (κ2) is 7.51. The predicted molar refractivity (Wildman–Crippen MR) is 101 cm³/mol. The molecule has 7 heteroatoms. The van der Waals surface area contributed by atoms with E-state index in [9.17, 15) is 4.79 Å². The van der Waals surface area contributed by atoms with Crippen molar-refractivity contribution < 1.29 is 4.79 Å². The van der Waals surface area contributed by atoms with Gasteiger partial charge in [-0.1, -0.05) is 29.8 Å². The number of hydrogen-bond donors (Lipinski definition) is 0. The number of rotatable bonds is 5. The van der Waals surface area contributed by atoms with E-state index >= 15 is 0 Å². The highest BCUT2D eigenvalue weighted by atomic mass is 79.9. The van der Waals surface area contributed by atoms with Crippen LogP contribution in [0, 0.1) is 0 Å². The van der Waals surface area contributed by atoms with E-state index in [2.05, 4.69) is 21.0 Å². The number of benzene rings is 1. The van der Waals surface area contributed by atoms with Crippen molar-refractivity contribution in [2.24, 2.45) is 0 Å². The molecular weight excluding hydrogens is 410 g/mol. The van der Waals surface area contributed by atoms with Gasteiger partial charge in [0.25, 0.3) is 5.91 Å². The molecule has 0 saturated carbocycles. The molecular formula is C17H15BrClN3OS. The van der Waals surface area contributed by atoms with Crippen molar-refractivity contribution in [2.75, 3.05) is 7.05 Å². The maximum absolute atomic E-state index is 12.5. The second-order valence-corrected chi connectivity index (χ2v) is 8.34. The van der Waals surface area contributed by atoms with Gasteiger partial charge in [-0.15, -0.1) is 11.3 Å². The Morgan fingerprint density at radius 1 is 1.33 bits per heavy atom. The summed E-state index contributed by atoms with van der Waals surface area (Å²) in [6.07, 6.45) is 3.35. The molecule has 4 nitrogen and oxygen atoms in total. The van der Waals surface area contributed by atoms with Crippen molar-refractivity contribution in [3.8, 4) is 0 Å². The summed E-state index contributed by atoms with van der Waals surface area (Å²) in [4.78, 5) is 15.3. The molecule has 124 valence electrons. The van der Waals surface area contributed by atoms with Gasteiger partial charge >= 0.3 is 0 Å². The predicted octanol–water partition coefficient (Wildman–Crippen LogP) is 4.68. The molecule has 1 aromatic carbocycles. The number of carbonyl (C=O) groups is 1. The zero-order valence-corrected chi connectivity index (χ0v) is 16.1. The Kier molecular flexibility index (Phi) is 5.38. The topological polar surface area (TPSA) is 38.1 Å². The van der Waals surface area contributed by atoms with Gasteiger partial charge in [-0.3, -0.25) is 9.48 Å². The number of carbonyl (C=O) groups excluding carboxylic acids is 1. The molecule has 0 spiro atoms. The van der Waals surface area contributed by atoms with Gasteiger partial charge in [0.2, 0.25) is 0 Å². The Labute approximate surface area is 157 Å². The summed E-state index contributed by atoms with van der Waals surface area (Å²) in [5.41, 5.74) is 1.54. The fraction of sp³-hybridized carbons (Fsp3) is 0.176. The summed E-state index contributed by atoms with van der Waals surface area (Å²) in [5.74, 6) is -0.0510. The van der Waals surface area contributed by atoms with Crippen LogP contribution in [0.25, 0.3) is 0 Å². The molecule has 0 N–H and O–H groups in total. The lowest BCUT2D eigenvalue weighted by atomic mass is 10.2. The molecule has 24 heavy (non-hydrogen) atoms. The minimum Gasteiger partial charge on any atom is -0.336 e. The number of amides is 1. The summed E-state index contributed by atoms with van der Waals surface area (Å²) in [6.45, 7) is 1.11. The van der Waals surface area contributed by atoms with E-state index in [-0.39, 0.29) is 5.91 Å². The van der Waals surface area contributed by atoms with Crippen LogP contribution in [-0.4, -0.2) is 27.6 Å². The molecule has 0 saturated heterocycles. The van der Waals surface area contributed by atoms with Gasteiger partial charge in [0.05, 0.1) is 28.6 Å². The average molecular weight is 425 g/mol. The maximum atomic E-state index is 12.5. The first-order valence-corrected chi connectivity index (χ1v) is 9.27. The van der Waals surface area contributed by atoms with Crippen LogP contribution in [0.3, 0.4) is 0 Å². The smallest absolute Gasteiger partial charge is 0.257 e. The van der Waals surface area contributed by atoms with Gasteiger partial charge in [-0.05, 0) is 39.7 Å². The molecule has 0 unspecified atom stereocenters. The lowest BCUT2D eigenvalue weighted by Gasteiger charge is -2.14. The zero-order valence-electron chi connectivity index (χ0n) is 12.9. The highest BCUT2D eigenvalue weighted by Crippen LogP contribution is 2.23. The molecule has 0 atom stereocenters. The SMILES string of the molecule is CN(Cc1ccc(Br)s1)C(=O)c1cnn(Cc2ccccc2Cl)c1. The molecule has 0 bridgehead atoms. The van der Waals surface area contributed by atoms with Gasteiger partial charge < -0.3 is 4.90 Å². The first-order valence-electron chi connectivity index (χ1n) is 7.28. The number of aromatic nitrogens is 2. The van der Waals surface area contributed by atoms with Crippen LogP contribution >= 0.6 is 38.9 Å². The van der Waals surface area contributed by atoms with Gasteiger partial charge in [-0.2, -0.15) is 5.10 Å². The number of nitrogens with zero attached hydrogens (tertiary/aromatic N) is 3. The van der Waals surface area contributed by atoms with E-state index < -0.39 is 0 Å². The zero-order chi connectivity index (χ0) is 17.1. The van der Waals surface area contributed by atoms with Crippen molar-refractivity contribution in [3.05, 3.63) is 73.6 Å². The first kappa shape index (κ1) is 17.2. The number of halogens is 2. The summed E-state index contributed by atoms with van der Waals surface area (Å²) in [5, 5.41) is 4.97. The molecule has 2 aromatic heterocycles. The minimum atomic E-state index is -0.0510. The highest BCUT2D eigenvalue weighted by Gasteiger charge is 2.15. The van der Waals surface area contributed by atoms with Crippen LogP contribution in [0.4, 0.5) is 0 Å². The maximum Gasteiger partial charge on any atom is 0.257 e. The minimum absolute atomic E-state index is 0.0510. The third-order valence-corrected chi connectivity index (χ3v) is 5.52. The number of thiophene rings is 1. The first-order chi connectivity index (χ1) is 11.5. The highest BCUT2D eigenvalue weighted by molar-refractivity contribution is 9.11. The van der Waals surface area contributed by atoms with Crippen LogP contribution in [0.15, 0.2) is 52.6 Å². The fourth-order valence-corrected chi connectivity index (χ4v) is 4.06. The van der Waals surface area contributed by atoms with Crippen molar-refractivity contribution in [1.29, 1.82) is 0 Å². The lowest BCUT2D eigenvalue weighted by molar-refractivity contribution is 0.0786.